The van der Waals surface area contributed by atoms with E-state index in [1.54, 1.807) is 11.0 Å². The van der Waals surface area contributed by atoms with E-state index in [4.69, 9.17) is 5.73 Å². The molecule has 1 aromatic rings. The number of benzene rings is 1. The van der Waals surface area contributed by atoms with Gasteiger partial charge in [0.15, 0.2) is 0 Å². The maximum absolute atomic E-state index is 12.4. The standard InChI is InChI=1S/C15H19N3O2/c16-11-2-1-10-5-7-18(15(20)13(10)9-11)8-6-14(19)17-12-3-4-12/h1-2,9,12H,3-8,16H2,(H,17,19). The molecular formula is C15H19N3O2. The molecule has 0 spiro atoms. The molecule has 1 aliphatic carbocycles. The zero-order chi connectivity index (χ0) is 14.1. The fourth-order valence-corrected chi connectivity index (χ4v) is 2.52. The second-order valence-electron chi connectivity index (χ2n) is 5.55. The van der Waals surface area contributed by atoms with Crippen molar-refractivity contribution in [2.24, 2.45) is 0 Å². The molecule has 1 aliphatic heterocycles. The number of carbonyl (C=O) groups excluding carboxylic acids is 2. The van der Waals surface area contributed by atoms with Gasteiger partial charge < -0.3 is 16.0 Å². The smallest absolute Gasteiger partial charge is 0.254 e. The molecule has 1 aromatic carbocycles. The average Bonchev–Trinajstić information content (AvgIpc) is 3.22. The van der Waals surface area contributed by atoms with Crippen LogP contribution in [0.25, 0.3) is 0 Å². The molecule has 0 unspecified atom stereocenters. The fourth-order valence-electron chi connectivity index (χ4n) is 2.52. The first-order valence-electron chi connectivity index (χ1n) is 7.10. The van der Waals surface area contributed by atoms with Crippen LogP contribution in [0, 0.1) is 0 Å². The number of rotatable bonds is 4. The van der Waals surface area contributed by atoms with Gasteiger partial charge >= 0.3 is 0 Å². The predicted octanol–water partition coefficient (Wildman–Crippen LogP) is 0.936. The van der Waals surface area contributed by atoms with E-state index in [9.17, 15) is 9.59 Å². The van der Waals surface area contributed by atoms with Gasteiger partial charge in [-0.1, -0.05) is 6.07 Å². The van der Waals surface area contributed by atoms with Crippen LogP contribution in [0.2, 0.25) is 0 Å². The number of nitrogen functional groups attached to an aromatic ring is 1. The topological polar surface area (TPSA) is 75.4 Å². The summed E-state index contributed by atoms with van der Waals surface area (Å²) in [5, 5.41) is 2.94. The molecule has 0 aromatic heterocycles. The lowest BCUT2D eigenvalue weighted by atomic mass is 9.98. The minimum absolute atomic E-state index is 0.0160. The van der Waals surface area contributed by atoms with Crippen molar-refractivity contribution < 1.29 is 9.59 Å². The minimum atomic E-state index is -0.0160. The van der Waals surface area contributed by atoms with E-state index >= 15 is 0 Å². The Morgan fingerprint density at radius 3 is 2.95 bits per heavy atom. The Bertz CT molecular complexity index is 552. The molecule has 1 saturated carbocycles. The second kappa shape index (κ2) is 5.15. The molecule has 5 heteroatoms. The molecule has 2 aliphatic rings. The third-order valence-corrected chi connectivity index (χ3v) is 3.85. The molecule has 3 rings (SSSR count). The van der Waals surface area contributed by atoms with Gasteiger partial charge in [0.1, 0.15) is 0 Å². The van der Waals surface area contributed by atoms with Gasteiger partial charge in [-0.25, -0.2) is 0 Å². The number of hydrogen-bond donors (Lipinski definition) is 2. The maximum atomic E-state index is 12.4. The largest absolute Gasteiger partial charge is 0.399 e. The Morgan fingerprint density at radius 2 is 2.20 bits per heavy atom. The Kier molecular flexibility index (Phi) is 3.34. The summed E-state index contributed by atoms with van der Waals surface area (Å²) < 4.78 is 0. The highest BCUT2D eigenvalue weighted by Gasteiger charge is 2.26. The molecule has 0 bridgehead atoms. The van der Waals surface area contributed by atoms with Crippen LogP contribution in [0.1, 0.15) is 35.2 Å². The van der Waals surface area contributed by atoms with E-state index < -0.39 is 0 Å². The van der Waals surface area contributed by atoms with Crippen molar-refractivity contribution in [3.63, 3.8) is 0 Å². The number of fused-ring (bicyclic) bond motifs is 1. The summed E-state index contributed by atoms with van der Waals surface area (Å²) in [6.07, 6.45) is 3.37. The first-order valence-corrected chi connectivity index (χ1v) is 7.10. The van der Waals surface area contributed by atoms with E-state index in [2.05, 4.69) is 5.32 Å². The molecule has 0 atom stereocenters. The summed E-state index contributed by atoms with van der Waals surface area (Å²) in [6.45, 7) is 1.15. The molecule has 3 N–H and O–H groups in total. The molecule has 20 heavy (non-hydrogen) atoms. The van der Waals surface area contributed by atoms with Gasteiger partial charge in [-0.2, -0.15) is 0 Å². The van der Waals surface area contributed by atoms with Gasteiger partial charge in [0.05, 0.1) is 0 Å². The van der Waals surface area contributed by atoms with E-state index in [-0.39, 0.29) is 11.8 Å². The molecule has 2 amide bonds. The summed E-state index contributed by atoms with van der Waals surface area (Å²) in [5.41, 5.74) is 8.06. The van der Waals surface area contributed by atoms with Crippen molar-refractivity contribution in [1.82, 2.24) is 10.2 Å². The molecule has 0 radical (unpaired) electrons. The Morgan fingerprint density at radius 1 is 1.40 bits per heavy atom. The highest BCUT2D eigenvalue weighted by Crippen LogP contribution is 2.22. The summed E-state index contributed by atoms with van der Waals surface area (Å²) in [4.78, 5) is 25.8. The van der Waals surface area contributed by atoms with Gasteiger partial charge in [-0.3, -0.25) is 9.59 Å². The van der Waals surface area contributed by atoms with Crippen LogP contribution in [0.15, 0.2) is 18.2 Å². The van der Waals surface area contributed by atoms with Crippen LogP contribution in [0.5, 0.6) is 0 Å². The van der Waals surface area contributed by atoms with Gasteiger partial charge in [-0.15, -0.1) is 0 Å². The van der Waals surface area contributed by atoms with Crippen molar-refractivity contribution in [3.05, 3.63) is 29.3 Å². The Hall–Kier alpha value is -2.04. The van der Waals surface area contributed by atoms with Crippen molar-refractivity contribution in [3.8, 4) is 0 Å². The SMILES string of the molecule is Nc1ccc2c(c1)C(=O)N(CCC(=O)NC1CC1)CC2. The quantitative estimate of drug-likeness (QED) is 0.802. The van der Waals surface area contributed by atoms with Crippen LogP contribution in [0.3, 0.4) is 0 Å². The van der Waals surface area contributed by atoms with Crippen LogP contribution in [-0.4, -0.2) is 35.8 Å². The van der Waals surface area contributed by atoms with Gasteiger partial charge in [0.2, 0.25) is 5.91 Å². The van der Waals surface area contributed by atoms with Crippen molar-refractivity contribution in [2.45, 2.75) is 31.7 Å². The summed E-state index contributed by atoms with van der Waals surface area (Å²) in [6, 6.07) is 5.85. The van der Waals surface area contributed by atoms with E-state index in [0.29, 0.717) is 36.8 Å². The zero-order valence-electron chi connectivity index (χ0n) is 11.4. The monoisotopic (exact) mass is 273 g/mol. The predicted molar refractivity (Wildman–Crippen MR) is 76.2 cm³/mol. The van der Waals surface area contributed by atoms with Crippen LogP contribution in [0.4, 0.5) is 5.69 Å². The summed E-state index contributed by atoms with van der Waals surface area (Å²) >= 11 is 0. The average molecular weight is 273 g/mol. The second-order valence-corrected chi connectivity index (χ2v) is 5.55. The highest BCUT2D eigenvalue weighted by atomic mass is 16.2. The summed E-state index contributed by atoms with van der Waals surface area (Å²) in [7, 11) is 0. The number of carbonyl (C=O) groups is 2. The van der Waals surface area contributed by atoms with Crippen molar-refractivity contribution in [1.29, 1.82) is 0 Å². The highest BCUT2D eigenvalue weighted by molar-refractivity contribution is 5.97. The minimum Gasteiger partial charge on any atom is -0.399 e. The molecule has 106 valence electrons. The number of nitrogens with two attached hydrogens (primary N) is 1. The van der Waals surface area contributed by atoms with Crippen LogP contribution in [-0.2, 0) is 11.2 Å². The molecular weight excluding hydrogens is 254 g/mol. The lowest BCUT2D eigenvalue weighted by Gasteiger charge is -2.28. The van der Waals surface area contributed by atoms with Gasteiger partial charge in [-0.05, 0) is 37.0 Å². The number of anilines is 1. The number of nitrogens with zero attached hydrogens (tertiary/aromatic N) is 1. The third kappa shape index (κ3) is 2.76. The molecule has 0 saturated heterocycles. The van der Waals surface area contributed by atoms with E-state index in [0.717, 1.165) is 24.8 Å². The van der Waals surface area contributed by atoms with Crippen LogP contribution < -0.4 is 11.1 Å². The zero-order valence-corrected chi connectivity index (χ0v) is 11.4. The Balaban J connectivity index is 1.61. The van der Waals surface area contributed by atoms with Crippen LogP contribution >= 0.6 is 0 Å². The lowest BCUT2D eigenvalue weighted by molar-refractivity contribution is -0.121. The molecule has 5 nitrogen and oxygen atoms in total. The Labute approximate surface area is 118 Å². The first kappa shape index (κ1) is 13.0. The van der Waals surface area contributed by atoms with Crippen molar-refractivity contribution >= 4 is 17.5 Å². The fraction of sp³-hybridized carbons (Fsp3) is 0.467. The number of hydrogen-bond acceptors (Lipinski definition) is 3. The normalized spacial score (nSPS) is 17.8. The molecule has 1 heterocycles. The molecule has 1 fully saturated rings. The van der Waals surface area contributed by atoms with Gasteiger partial charge in [0.25, 0.3) is 5.91 Å². The van der Waals surface area contributed by atoms with E-state index in [1.807, 2.05) is 12.1 Å². The number of nitrogens with one attached hydrogen (secondary N) is 1. The maximum Gasteiger partial charge on any atom is 0.254 e. The summed E-state index contributed by atoms with van der Waals surface area (Å²) in [5.74, 6) is 0.0245. The van der Waals surface area contributed by atoms with E-state index in [1.165, 1.54) is 0 Å². The lowest BCUT2D eigenvalue weighted by Crippen LogP contribution is -2.40. The number of amides is 2. The third-order valence-electron chi connectivity index (χ3n) is 3.85. The van der Waals surface area contributed by atoms with Crippen molar-refractivity contribution in [2.75, 3.05) is 18.8 Å². The first-order chi connectivity index (χ1) is 9.63. The van der Waals surface area contributed by atoms with Gasteiger partial charge in [0, 0.05) is 36.8 Å².